The Hall–Kier alpha value is -2.06. The van der Waals surface area contributed by atoms with Gasteiger partial charge in [-0.15, -0.1) is 0 Å². The molecule has 5 rings (SSSR count). The van der Waals surface area contributed by atoms with Crippen LogP contribution in [0, 0.1) is 5.92 Å². The molecule has 3 atom stereocenters. The lowest BCUT2D eigenvalue weighted by Gasteiger charge is -2.41. The van der Waals surface area contributed by atoms with Crippen molar-refractivity contribution < 1.29 is 9.32 Å². The van der Waals surface area contributed by atoms with Crippen molar-refractivity contribution in [3.63, 3.8) is 0 Å². The van der Waals surface area contributed by atoms with E-state index in [1.807, 2.05) is 25.5 Å². The number of nitrogens with zero attached hydrogens (tertiary/aromatic N) is 4. The first-order valence-electron chi connectivity index (χ1n) is 10.4. The van der Waals surface area contributed by atoms with Gasteiger partial charge in [0.2, 0.25) is 5.95 Å². The van der Waals surface area contributed by atoms with Gasteiger partial charge >= 0.3 is 0 Å². The summed E-state index contributed by atoms with van der Waals surface area (Å²) in [7, 11) is 0.960. The lowest BCUT2D eigenvalue weighted by atomic mass is 9.77. The number of hydrogen-bond donors (Lipinski definition) is 2. The Kier molecular flexibility index (Phi) is 4.78. The Labute approximate surface area is 173 Å². The monoisotopic (exact) mass is 413 g/mol. The van der Waals surface area contributed by atoms with Crippen LogP contribution in [0.2, 0.25) is 0 Å². The minimum atomic E-state index is -1.07. The number of nitrogens with one attached hydrogen (secondary N) is 1. The Morgan fingerprint density at radius 1 is 1.38 bits per heavy atom. The number of fused-ring (bicyclic) bond motifs is 1. The van der Waals surface area contributed by atoms with Crippen LogP contribution in [0.5, 0.6) is 0 Å². The van der Waals surface area contributed by atoms with Gasteiger partial charge in [0.15, 0.2) is 0 Å². The molecule has 0 unspecified atom stereocenters. The van der Waals surface area contributed by atoms with E-state index in [-0.39, 0.29) is 12.1 Å². The fourth-order valence-corrected chi connectivity index (χ4v) is 5.81. The molecule has 0 radical (unpaired) electrons. The van der Waals surface area contributed by atoms with Gasteiger partial charge in [-0.3, -0.25) is 9.19 Å². The third-order valence-corrected chi connectivity index (χ3v) is 8.02. The molecular formula is C21H27N5O2S. The molecule has 2 N–H and O–H groups in total. The van der Waals surface area contributed by atoms with Gasteiger partial charge in [-0.25, -0.2) is 4.98 Å². The summed E-state index contributed by atoms with van der Waals surface area (Å²) in [6, 6.07) is 4.14. The van der Waals surface area contributed by atoms with E-state index in [0.29, 0.717) is 35.8 Å². The number of aliphatic hydroxyl groups is 1. The average Bonchev–Trinajstić information content (AvgIpc) is 3.38. The van der Waals surface area contributed by atoms with E-state index in [4.69, 9.17) is 9.97 Å². The van der Waals surface area contributed by atoms with Gasteiger partial charge in [0.05, 0.1) is 28.6 Å². The minimum Gasteiger partial charge on any atom is -0.394 e. The second-order valence-electron chi connectivity index (χ2n) is 8.63. The third kappa shape index (κ3) is 3.53. The zero-order valence-corrected chi connectivity index (χ0v) is 17.5. The Morgan fingerprint density at radius 3 is 2.93 bits per heavy atom. The van der Waals surface area contributed by atoms with Gasteiger partial charge in [-0.1, -0.05) is 6.07 Å². The highest BCUT2D eigenvalue weighted by atomic mass is 32.2. The molecule has 0 saturated heterocycles. The molecular weight excluding hydrogens is 386 g/mol. The molecule has 0 spiro atoms. The first-order chi connectivity index (χ1) is 14.1. The second kappa shape index (κ2) is 7.32. The van der Waals surface area contributed by atoms with Gasteiger partial charge in [0.25, 0.3) is 0 Å². The van der Waals surface area contributed by atoms with Crippen LogP contribution in [0.1, 0.15) is 42.9 Å². The van der Waals surface area contributed by atoms with Gasteiger partial charge < -0.3 is 15.3 Å². The van der Waals surface area contributed by atoms with Crippen LogP contribution in [0.4, 0.5) is 11.8 Å². The summed E-state index contributed by atoms with van der Waals surface area (Å²) in [6.45, 7) is 0.949. The maximum absolute atomic E-state index is 12.5. The number of aromatic nitrogens is 3. The van der Waals surface area contributed by atoms with E-state index in [1.54, 1.807) is 0 Å². The highest BCUT2D eigenvalue weighted by molar-refractivity contribution is 7.85. The minimum absolute atomic E-state index is 0.0679. The molecule has 0 amide bonds. The Bertz CT molecular complexity index is 929. The topological polar surface area (TPSA) is 91.2 Å². The van der Waals surface area contributed by atoms with Crippen molar-refractivity contribution in [1.82, 2.24) is 15.0 Å². The molecule has 2 aliphatic carbocycles. The molecule has 29 heavy (non-hydrogen) atoms. The van der Waals surface area contributed by atoms with Crippen molar-refractivity contribution >= 4 is 22.6 Å². The summed E-state index contributed by atoms with van der Waals surface area (Å²) in [5, 5.41) is 13.3. The summed E-state index contributed by atoms with van der Waals surface area (Å²) in [4.78, 5) is 16.6. The molecule has 154 valence electrons. The Balaban J connectivity index is 1.36. The molecule has 8 heteroatoms. The van der Waals surface area contributed by atoms with Gasteiger partial charge in [0, 0.05) is 38.2 Å². The van der Waals surface area contributed by atoms with Crippen LogP contribution >= 0.6 is 0 Å². The fraction of sp³-hybridized carbons (Fsp3) is 0.571. The van der Waals surface area contributed by atoms with Gasteiger partial charge in [-0.2, -0.15) is 4.98 Å². The number of hydrogen-bond acceptors (Lipinski definition) is 7. The first-order valence-corrected chi connectivity index (χ1v) is 11.7. The predicted molar refractivity (Wildman–Crippen MR) is 113 cm³/mol. The van der Waals surface area contributed by atoms with Crippen molar-refractivity contribution in [2.75, 3.05) is 36.2 Å². The SMILES string of the molecule is CN(C[C@H]1C[C@@H]1c1cccnc1)c1nc2c(c(NC3(CO)CCC3)n1)[S@](=O)CC2. The van der Waals surface area contributed by atoms with Crippen molar-refractivity contribution in [2.24, 2.45) is 5.92 Å². The molecule has 3 heterocycles. The standard InChI is InChI=1S/C21H27N5O2S/c1-26(12-15-10-16(15)14-4-2-8-22-11-14)20-23-17-5-9-29(28)18(17)19(24-20)25-21(13-27)6-3-7-21/h2,4,8,11,15-16,27H,3,5-7,9-10,12-13H2,1H3,(H,23,24,25)/t15-,16-,29-/m1/s1. The van der Waals surface area contributed by atoms with Crippen LogP contribution in [0.3, 0.4) is 0 Å². The zero-order chi connectivity index (χ0) is 20.0. The first kappa shape index (κ1) is 18.9. The lowest BCUT2D eigenvalue weighted by molar-refractivity contribution is 0.143. The van der Waals surface area contributed by atoms with Crippen molar-refractivity contribution in [3.05, 3.63) is 35.8 Å². The number of aliphatic hydroxyl groups excluding tert-OH is 1. The van der Waals surface area contributed by atoms with Crippen molar-refractivity contribution in [3.8, 4) is 0 Å². The largest absolute Gasteiger partial charge is 0.394 e. The van der Waals surface area contributed by atoms with Crippen LogP contribution in [0.15, 0.2) is 29.4 Å². The fourth-order valence-electron chi connectivity index (χ4n) is 4.50. The summed E-state index contributed by atoms with van der Waals surface area (Å²) in [5.74, 6) is 3.06. The molecule has 2 fully saturated rings. The molecule has 2 aromatic heterocycles. The van der Waals surface area contributed by atoms with Gasteiger partial charge in [-0.05, 0) is 49.1 Å². The van der Waals surface area contributed by atoms with Crippen LogP contribution in [-0.4, -0.2) is 55.8 Å². The second-order valence-corrected chi connectivity index (χ2v) is 10.1. The summed E-state index contributed by atoms with van der Waals surface area (Å²) in [5.41, 5.74) is 1.86. The number of rotatable bonds is 7. The molecule has 0 bridgehead atoms. The van der Waals surface area contributed by atoms with Gasteiger partial charge in [0.1, 0.15) is 10.7 Å². The number of anilines is 2. The third-order valence-electron chi connectivity index (χ3n) is 6.56. The number of pyridine rings is 1. The van der Waals surface area contributed by atoms with Crippen LogP contribution in [-0.2, 0) is 17.2 Å². The molecule has 3 aliphatic rings. The zero-order valence-electron chi connectivity index (χ0n) is 16.7. The molecule has 7 nitrogen and oxygen atoms in total. The van der Waals surface area contributed by atoms with E-state index in [9.17, 15) is 9.32 Å². The van der Waals surface area contributed by atoms with E-state index < -0.39 is 10.8 Å². The smallest absolute Gasteiger partial charge is 0.227 e. The van der Waals surface area contributed by atoms with E-state index >= 15 is 0 Å². The summed E-state index contributed by atoms with van der Waals surface area (Å²) >= 11 is 0. The summed E-state index contributed by atoms with van der Waals surface area (Å²) in [6.07, 6.45) is 8.56. The molecule has 0 aromatic carbocycles. The highest BCUT2D eigenvalue weighted by Gasteiger charge is 2.41. The summed E-state index contributed by atoms with van der Waals surface area (Å²) < 4.78 is 12.5. The van der Waals surface area contributed by atoms with Crippen molar-refractivity contribution in [2.45, 2.75) is 48.5 Å². The lowest BCUT2D eigenvalue weighted by Crippen LogP contribution is -2.48. The predicted octanol–water partition coefficient (Wildman–Crippen LogP) is 2.10. The molecule has 2 saturated carbocycles. The quantitative estimate of drug-likeness (QED) is 0.718. The highest BCUT2D eigenvalue weighted by Crippen LogP contribution is 2.47. The number of aryl methyl sites for hydroxylation is 1. The average molecular weight is 414 g/mol. The van der Waals surface area contributed by atoms with E-state index in [1.165, 1.54) is 5.56 Å². The Morgan fingerprint density at radius 2 is 2.24 bits per heavy atom. The van der Waals surface area contributed by atoms with E-state index in [2.05, 4.69) is 21.3 Å². The molecule has 1 aliphatic heterocycles. The maximum Gasteiger partial charge on any atom is 0.227 e. The normalized spacial score (nSPS) is 26.5. The molecule has 2 aromatic rings. The van der Waals surface area contributed by atoms with Crippen LogP contribution in [0.25, 0.3) is 0 Å². The van der Waals surface area contributed by atoms with Crippen molar-refractivity contribution in [1.29, 1.82) is 0 Å². The van der Waals surface area contributed by atoms with Crippen LogP contribution < -0.4 is 10.2 Å². The van der Waals surface area contributed by atoms with E-state index in [0.717, 1.165) is 42.8 Å². The maximum atomic E-state index is 12.5.